The SMILES string of the molecule is Cc1nonc1CN(C)C(=O)C[C@@]1(c2ccc(-c3ccccc3)cc2)CC(=O)N(C2CC2)C1=O. The Morgan fingerprint density at radius 3 is 2.35 bits per heavy atom. The zero-order valence-electron chi connectivity index (χ0n) is 19.2. The summed E-state index contributed by atoms with van der Waals surface area (Å²) in [5.41, 5.74) is 2.71. The van der Waals surface area contributed by atoms with Crippen molar-refractivity contribution in [2.45, 2.75) is 50.6 Å². The molecule has 2 aromatic carbocycles. The van der Waals surface area contributed by atoms with E-state index in [4.69, 9.17) is 4.63 Å². The van der Waals surface area contributed by atoms with Crippen LogP contribution in [-0.4, -0.2) is 50.9 Å². The Kier molecular flexibility index (Phi) is 5.51. The number of hydrogen-bond acceptors (Lipinski definition) is 6. The number of benzene rings is 2. The fraction of sp³-hybridized carbons (Fsp3) is 0.346. The maximum Gasteiger partial charge on any atom is 0.241 e. The van der Waals surface area contributed by atoms with Crippen LogP contribution in [-0.2, 0) is 26.3 Å². The van der Waals surface area contributed by atoms with E-state index < -0.39 is 5.41 Å². The van der Waals surface area contributed by atoms with E-state index in [9.17, 15) is 14.4 Å². The highest BCUT2D eigenvalue weighted by Gasteiger charge is 2.57. The third-order valence-corrected chi connectivity index (χ3v) is 6.82. The van der Waals surface area contributed by atoms with Crippen molar-refractivity contribution in [3.8, 4) is 11.1 Å². The summed E-state index contributed by atoms with van der Waals surface area (Å²) in [6.07, 6.45) is 1.56. The number of aryl methyl sites for hydroxylation is 1. The summed E-state index contributed by atoms with van der Waals surface area (Å²) in [6.45, 7) is 1.97. The van der Waals surface area contributed by atoms with Gasteiger partial charge in [0.25, 0.3) is 0 Å². The highest BCUT2D eigenvalue weighted by atomic mass is 16.6. The fourth-order valence-corrected chi connectivity index (χ4v) is 4.64. The summed E-state index contributed by atoms with van der Waals surface area (Å²) in [6, 6.07) is 17.5. The number of likely N-dealkylation sites (tertiary alicyclic amines) is 1. The van der Waals surface area contributed by atoms with E-state index in [1.807, 2.05) is 54.6 Å². The fourth-order valence-electron chi connectivity index (χ4n) is 4.64. The molecule has 1 aliphatic heterocycles. The number of nitrogens with zero attached hydrogens (tertiary/aromatic N) is 4. The van der Waals surface area contributed by atoms with Crippen molar-refractivity contribution in [2.24, 2.45) is 0 Å². The molecule has 2 heterocycles. The Morgan fingerprint density at radius 1 is 1.06 bits per heavy atom. The van der Waals surface area contributed by atoms with E-state index in [2.05, 4.69) is 10.3 Å². The lowest BCUT2D eigenvalue weighted by molar-refractivity contribution is -0.143. The molecule has 0 bridgehead atoms. The molecular formula is C26H26N4O4. The van der Waals surface area contributed by atoms with Crippen LogP contribution in [0.1, 0.15) is 42.6 Å². The van der Waals surface area contributed by atoms with Crippen LogP contribution in [0.2, 0.25) is 0 Å². The molecule has 1 atom stereocenters. The van der Waals surface area contributed by atoms with E-state index in [1.54, 1.807) is 14.0 Å². The molecule has 8 heteroatoms. The summed E-state index contributed by atoms with van der Waals surface area (Å²) in [5, 5.41) is 7.60. The third kappa shape index (κ3) is 3.89. The molecule has 8 nitrogen and oxygen atoms in total. The molecule has 0 radical (unpaired) electrons. The van der Waals surface area contributed by atoms with Gasteiger partial charge in [-0.2, -0.15) is 0 Å². The van der Waals surface area contributed by atoms with Crippen molar-refractivity contribution in [2.75, 3.05) is 7.05 Å². The first-order chi connectivity index (χ1) is 16.4. The number of amides is 3. The first kappa shape index (κ1) is 22.0. The number of carbonyl (C=O) groups is 3. The van der Waals surface area contributed by atoms with Gasteiger partial charge in [0.2, 0.25) is 17.7 Å². The topological polar surface area (TPSA) is 96.6 Å². The summed E-state index contributed by atoms with van der Waals surface area (Å²) < 4.78 is 4.73. The molecule has 1 aliphatic carbocycles. The van der Waals surface area contributed by atoms with Gasteiger partial charge in [-0.25, -0.2) is 4.63 Å². The van der Waals surface area contributed by atoms with Gasteiger partial charge in [-0.15, -0.1) is 0 Å². The third-order valence-electron chi connectivity index (χ3n) is 6.82. The number of imide groups is 1. The highest BCUT2D eigenvalue weighted by molar-refractivity contribution is 6.11. The van der Waals surface area contributed by atoms with Crippen molar-refractivity contribution in [1.29, 1.82) is 0 Å². The summed E-state index contributed by atoms with van der Waals surface area (Å²) in [5.74, 6) is -0.714. The molecule has 5 rings (SSSR count). The zero-order valence-corrected chi connectivity index (χ0v) is 19.2. The molecule has 3 amide bonds. The van der Waals surface area contributed by atoms with Gasteiger partial charge in [-0.1, -0.05) is 64.9 Å². The quantitative estimate of drug-likeness (QED) is 0.504. The lowest BCUT2D eigenvalue weighted by atomic mass is 9.75. The van der Waals surface area contributed by atoms with Gasteiger partial charge in [0.15, 0.2) is 0 Å². The van der Waals surface area contributed by atoms with Crippen LogP contribution < -0.4 is 0 Å². The van der Waals surface area contributed by atoms with Crippen molar-refractivity contribution < 1.29 is 19.0 Å². The van der Waals surface area contributed by atoms with E-state index in [0.29, 0.717) is 17.0 Å². The van der Waals surface area contributed by atoms with Crippen molar-refractivity contribution >= 4 is 17.7 Å². The average molecular weight is 459 g/mol. The van der Waals surface area contributed by atoms with Crippen molar-refractivity contribution in [1.82, 2.24) is 20.1 Å². The van der Waals surface area contributed by atoms with Gasteiger partial charge in [0.1, 0.15) is 11.4 Å². The molecule has 1 saturated carbocycles. The molecule has 174 valence electrons. The maximum atomic E-state index is 13.7. The predicted octanol–water partition coefficient (Wildman–Crippen LogP) is 3.25. The molecule has 0 unspecified atom stereocenters. The van der Waals surface area contributed by atoms with Gasteiger partial charge in [-0.3, -0.25) is 19.3 Å². The van der Waals surface area contributed by atoms with E-state index in [1.165, 1.54) is 9.80 Å². The van der Waals surface area contributed by atoms with E-state index >= 15 is 0 Å². The van der Waals surface area contributed by atoms with Gasteiger partial charge in [-0.05, 0) is 36.5 Å². The Morgan fingerprint density at radius 2 is 1.74 bits per heavy atom. The Labute approximate surface area is 197 Å². The Hall–Kier alpha value is -3.81. The predicted molar refractivity (Wildman–Crippen MR) is 123 cm³/mol. The summed E-state index contributed by atoms with van der Waals surface area (Å²) in [4.78, 5) is 42.9. The maximum absolute atomic E-state index is 13.7. The second-order valence-electron chi connectivity index (χ2n) is 9.23. The van der Waals surface area contributed by atoms with Crippen LogP contribution in [0.3, 0.4) is 0 Å². The largest absolute Gasteiger partial charge is 0.340 e. The first-order valence-corrected chi connectivity index (χ1v) is 11.4. The number of aromatic nitrogens is 2. The normalized spacial score (nSPS) is 20.1. The van der Waals surface area contributed by atoms with Gasteiger partial charge in [0, 0.05) is 25.9 Å². The molecule has 34 heavy (non-hydrogen) atoms. The van der Waals surface area contributed by atoms with Crippen LogP contribution in [0.4, 0.5) is 0 Å². The highest BCUT2D eigenvalue weighted by Crippen LogP contribution is 2.44. The van der Waals surface area contributed by atoms with Crippen LogP contribution in [0.15, 0.2) is 59.2 Å². The lowest BCUT2D eigenvalue weighted by Gasteiger charge is -2.29. The smallest absolute Gasteiger partial charge is 0.241 e. The molecule has 2 fully saturated rings. The minimum atomic E-state index is -1.21. The average Bonchev–Trinajstić information content (AvgIpc) is 3.54. The molecule has 0 spiro atoms. The van der Waals surface area contributed by atoms with Crippen LogP contribution in [0, 0.1) is 6.92 Å². The monoisotopic (exact) mass is 458 g/mol. The number of rotatable bonds is 7. The van der Waals surface area contributed by atoms with Gasteiger partial charge < -0.3 is 4.90 Å². The van der Waals surface area contributed by atoms with Gasteiger partial charge >= 0.3 is 0 Å². The molecule has 1 aromatic heterocycles. The van der Waals surface area contributed by atoms with Gasteiger partial charge in [0.05, 0.1) is 12.0 Å². The summed E-state index contributed by atoms with van der Waals surface area (Å²) >= 11 is 0. The minimum Gasteiger partial charge on any atom is -0.340 e. The summed E-state index contributed by atoms with van der Waals surface area (Å²) in [7, 11) is 1.66. The number of hydrogen-bond donors (Lipinski definition) is 0. The van der Waals surface area contributed by atoms with Crippen molar-refractivity contribution in [3.63, 3.8) is 0 Å². The number of carbonyl (C=O) groups excluding carboxylic acids is 3. The lowest BCUT2D eigenvalue weighted by Crippen LogP contribution is -2.43. The Bertz CT molecular complexity index is 1230. The zero-order chi connectivity index (χ0) is 23.9. The molecular weight excluding hydrogens is 432 g/mol. The minimum absolute atomic E-state index is 0.00284. The van der Waals surface area contributed by atoms with E-state index in [0.717, 1.165) is 24.0 Å². The standard InChI is InChI=1S/C26H26N4O4/c1-17-22(28-34-27-17)16-29(2)23(31)14-26(15-24(32)30(25(26)33)21-12-13-21)20-10-8-19(9-11-20)18-6-4-3-5-7-18/h3-11,21H,12-16H2,1-2H3/t26-/m0/s1. The second kappa shape index (κ2) is 8.52. The van der Waals surface area contributed by atoms with Crippen molar-refractivity contribution in [3.05, 3.63) is 71.5 Å². The molecule has 2 aliphatic rings. The Balaban J connectivity index is 1.46. The van der Waals surface area contributed by atoms with E-state index in [-0.39, 0.29) is 43.1 Å². The first-order valence-electron chi connectivity index (χ1n) is 11.4. The van der Waals surface area contributed by atoms with Crippen LogP contribution in [0.25, 0.3) is 11.1 Å². The molecule has 1 saturated heterocycles. The molecule has 0 N–H and O–H groups in total. The van der Waals surface area contributed by atoms with Crippen LogP contribution in [0.5, 0.6) is 0 Å². The van der Waals surface area contributed by atoms with Crippen LogP contribution >= 0.6 is 0 Å². The second-order valence-corrected chi connectivity index (χ2v) is 9.23. The molecule has 3 aromatic rings.